The Morgan fingerprint density at radius 2 is 2.00 bits per heavy atom. The summed E-state index contributed by atoms with van der Waals surface area (Å²) >= 11 is 0. The first kappa shape index (κ1) is 14.4. The third-order valence-electron chi connectivity index (χ3n) is 3.58. The normalized spacial score (nSPS) is 19.6. The first-order valence-electron chi connectivity index (χ1n) is 6.80. The number of hydrogen-bond acceptors (Lipinski definition) is 2. The van der Waals surface area contributed by atoms with E-state index in [1.165, 1.54) is 19.3 Å². The van der Waals surface area contributed by atoms with Crippen LogP contribution in [0.4, 0.5) is 13.2 Å². The van der Waals surface area contributed by atoms with Crippen LogP contribution < -0.4 is 5.73 Å². The molecule has 0 aliphatic heterocycles. The van der Waals surface area contributed by atoms with Crippen molar-refractivity contribution in [3.8, 4) is 0 Å². The Balaban J connectivity index is 1.89. The minimum Gasteiger partial charge on any atom is -0.327 e. The highest BCUT2D eigenvalue weighted by molar-refractivity contribution is 5.02. The van der Waals surface area contributed by atoms with Crippen molar-refractivity contribution in [3.05, 3.63) is 18.0 Å². The van der Waals surface area contributed by atoms with Crippen molar-refractivity contribution < 1.29 is 13.2 Å². The number of rotatable bonds is 4. The third-order valence-corrected chi connectivity index (χ3v) is 3.58. The summed E-state index contributed by atoms with van der Waals surface area (Å²) in [6.07, 6.45) is 2.77. The Bertz CT molecular complexity index is 394. The van der Waals surface area contributed by atoms with Crippen LogP contribution in [-0.4, -0.2) is 22.0 Å². The topological polar surface area (TPSA) is 43.8 Å². The van der Waals surface area contributed by atoms with Crippen molar-refractivity contribution in [2.45, 2.75) is 63.2 Å². The van der Waals surface area contributed by atoms with Crippen LogP contribution in [0.15, 0.2) is 12.3 Å². The van der Waals surface area contributed by atoms with Gasteiger partial charge in [-0.15, -0.1) is 0 Å². The Morgan fingerprint density at radius 3 is 2.63 bits per heavy atom. The first-order valence-corrected chi connectivity index (χ1v) is 6.80. The van der Waals surface area contributed by atoms with E-state index in [-0.39, 0.29) is 6.42 Å². The molecule has 0 bridgehead atoms. The maximum absolute atomic E-state index is 12.2. The van der Waals surface area contributed by atoms with E-state index in [1.807, 2.05) is 10.9 Å². The lowest BCUT2D eigenvalue weighted by molar-refractivity contribution is -0.138. The fraction of sp³-hybridized carbons (Fsp3) is 0.769. The van der Waals surface area contributed by atoms with Crippen molar-refractivity contribution in [1.82, 2.24) is 9.78 Å². The average Bonchev–Trinajstić information content (AvgIpc) is 2.76. The summed E-state index contributed by atoms with van der Waals surface area (Å²) in [5.41, 5.74) is 6.17. The molecule has 1 aliphatic carbocycles. The van der Waals surface area contributed by atoms with Gasteiger partial charge in [-0.1, -0.05) is 19.3 Å². The maximum Gasteiger partial charge on any atom is 0.390 e. The number of nitrogens with zero attached hydrogens (tertiary/aromatic N) is 2. The highest BCUT2D eigenvalue weighted by atomic mass is 19.4. The van der Waals surface area contributed by atoms with E-state index in [2.05, 4.69) is 5.10 Å². The van der Waals surface area contributed by atoms with Gasteiger partial charge in [0.2, 0.25) is 0 Å². The van der Waals surface area contributed by atoms with Gasteiger partial charge in [-0.05, 0) is 18.9 Å². The van der Waals surface area contributed by atoms with Crippen LogP contribution in [0.25, 0.3) is 0 Å². The molecule has 0 radical (unpaired) electrons. The molecule has 19 heavy (non-hydrogen) atoms. The lowest BCUT2D eigenvalue weighted by atomic mass is 9.96. The van der Waals surface area contributed by atoms with Gasteiger partial charge in [0.15, 0.2) is 0 Å². The summed E-state index contributed by atoms with van der Waals surface area (Å²) < 4.78 is 38.5. The Kier molecular flexibility index (Phi) is 4.50. The third kappa shape index (κ3) is 4.53. The van der Waals surface area contributed by atoms with Gasteiger partial charge in [-0.2, -0.15) is 18.3 Å². The maximum atomic E-state index is 12.2. The van der Waals surface area contributed by atoms with E-state index in [4.69, 9.17) is 5.73 Å². The first-order chi connectivity index (χ1) is 8.94. The Labute approximate surface area is 111 Å². The predicted molar refractivity (Wildman–Crippen MR) is 66.7 cm³/mol. The highest BCUT2D eigenvalue weighted by Gasteiger charge is 2.30. The van der Waals surface area contributed by atoms with Crippen LogP contribution in [0.1, 0.15) is 50.3 Å². The van der Waals surface area contributed by atoms with E-state index >= 15 is 0 Å². The molecule has 1 heterocycles. The molecule has 1 saturated carbocycles. The van der Waals surface area contributed by atoms with Gasteiger partial charge in [-0.3, -0.25) is 4.68 Å². The van der Waals surface area contributed by atoms with E-state index in [0.29, 0.717) is 11.7 Å². The van der Waals surface area contributed by atoms with Crippen molar-refractivity contribution in [1.29, 1.82) is 0 Å². The SMILES string of the molecule is NC(Cc1ccn(C2CCCCC2)n1)CC(F)(F)F. The molecule has 108 valence electrons. The van der Waals surface area contributed by atoms with Gasteiger partial charge >= 0.3 is 6.18 Å². The van der Waals surface area contributed by atoms with E-state index in [9.17, 15) is 13.2 Å². The van der Waals surface area contributed by atoms with E-state index in [1.54, 1.807) is 6.07 Å². The predicted octanol–water partition coefficient (Wildman–Crippen LogP) is 3.21. The number of alkyl halides is 3. The van der Waals surface area contributed by atoms with Crippen LogP contribution in [0.3, 0.4) is 0 Å². The summed E-state index contributed by atoms with van der Waals surface area (Å²) in [6.45, 7) is 0. The second-order valence-electron chi connectivity index (χ2n) is 5.36. The van der Waals surface area contributed by atoms with Gasteiger partial charge in [0.1, 0.15) is 0 Å². The Hall–Kier alpha value is -1.04. The lowest BCUT2D eigenvalue weighted by Crippen LogP contribution is -2.29. The second-order valence-corrected chi connectivity index (χ2v) is 5.36. The molecule has 1 unspecified atom stereocenters. The molecule has 0 spiro atoms. The van der Waals surface area contributed by atoms with Crippen LogP contribution >= 0.6 is 0 Å². The summed E-state index contributed by atoms with van der Waals surface area (Å²) in [6, 6.07) is 1.28. The molecule has 0 aromatic carbocycles. The molecule has 6 heteroatoms. The fourth-order valence-electron chi connectivity index (χ4n) is 2.67. The van der Waals surface area contributed by atoms with Crippen LogP contribution in [-0.2, 0) is 6.42 Å². The molecule has 1 aliphatic rings. The van der Waals surface area contributed by atoms with Gasteiger partial charge in [0.25, 0.3) is 0 Å². The van der Waals surface area contributed by atoms with Crippen molar-refractivity contribution in [2.75, 3.05) is 0 Å². The standard InChI is InChI=1S/C13H20F3N3/c14-13(15,16)9-10(17)8-11-6-7-19(18-11)12-4-2-1-3-5-12/h6-7,10,12H,1-5,8-9,17H2. The van der Waals surface area contributed by atoms with Crippen LogP contribution in [0, 0.1) is 0 Å². The zero-order chi connectivity index (χ0) is 13.9. The van der Waals surface area contributed by atoms with Gasteiger partial charge in [0, 0.05) is 18.7 Å². The van der Waals surface area contributed by atoms with Crippen molar-refractivity contribution in [3.63, 3.8) is 0 Å². The van der Waals surface area contributed by atoms with Crippen molar-refractivity contribution in [2.24, 2.45) is 5.73 Å². The molecular weight excluding hydrogens is 255 g/mol. The molecular formula is C13H20F3N3. The summed E-state index contributed by atoms with van der Waals surface area (Å²) in [5.74, 6) is 0. The molecule has 1 aromatic heterocycles. The largest absolute Gasteiger partial charge is 0.390 e. The quantitative estimate of drug-likeness (QED) is 0.917. The Morgan fingerprint density at radius 1 is 1.32 bits per heavy atom. The molecule has 2 rings (SSSR count). The molecule has 1 fully saturated rings. The van der Waals surface area contributed by atoms with E-state index in [0.717, 1.165) is 12.8 Å². The minimum atomic E-state index is -4.20. The zero-order valence-electron chi connectivity index (χ0n) is 10.9. The van der Waals surface area contributed by atoms with Gasteiger partial charge < -0.3 is 5.73 Å². The number of hydrogen-bond donors (Lipinski definition) is 1. The summed E-state index contributed by atoms with van der Waals surface area (Å²) in [5, 5.41) is 4.37. The van der Waals surface area contributed by atoms with E-state index < -0.39 is 18.6 Å². The summed E-state index contributed by atoms with van der Waals surface area (Å²) in [7, 11) is 0. The second kappa shape index (κ2) is 5.94. The highest BCUT2D eigenvalue weighted by Crippen LogP contribution is 2.27. The van der Waals surface area contributed by atoms with Gasteiger partial charge in [-0.25, -0.2) is 0 Å². The monoisotopic (exact) mass is 275 g/mol. The van der Waals surface area contributed by atoms with Crippen molar-refractivity contribution >= 4 is 0 Å². The van der Waals surface area contributed by atoms with Crippen LogP contribution in [0.2, 0.25) is 0 Å². The van der Waals surface area contributed by atoms with Crippen LogP contribution in [0.5, 0.6) is 0 Å². The molecule has 1 aromatic rings. The molecule has 0 saturated heterocycles. The number of aromatic nitrogens is 2. The average molecular weight is 275 g/mol. The number of nitrogens with two attached hydrogens (primary N) is 1. The minimum absolute atomic E-state index is 0.180. The lowest BCUT2D eigenvalue weighted by Gasteiger charge is -2.21. The molecule has 2 N–H and O–H groups in total. The van der Waals surface area contributed by atoms with Gasteiger partial charge in [0.05, 0.1) is 18.2 Å². The fourth-order valence-corrected chi connectivity index (χ4v) is 2.67. The summed E-state index contributed by atoms with van der Waals surface area (Å²) in [4.78, 5) is 0. The molecule has 3 nitrogen and oxygen atoms in total. The number of halogens is 3. The zero-order valence-corrected chi connectivity index (χ0v) is 10.9. The molecule has 0 amide bonds. The molecule has 1 atom stereocenters. The smallest absolute Gasteiger partial charge is 0.327 e.